The number of anilines is 1. The highest BCUT2D eigenvalue weighted by molar-refractivity contribution is 6.36. The molecular formula is C22H16Cl3FN4O4. The Hall–Kier alpha value is -3.27. The number of aromatic nitrogens is 3. The molecule has 2 heterocycles. The molecule has 2 aromatic carbocycles. The Kier molecular flexibility index (Phi) is 6.97. The summed E-state index contributed by atoms with van der Waals surface area (Å²) in [5.41, 5.74) is 6.67. The lowest BCUT2D eigenvalue weighted by molar-refractivity contribution is 0.0520. The molecule has 0 unspecified atom stereocenters. The van der Waals surface area contributed by atoms with Gasteiger partial charge in [0.05, 0.1) is 28.6 Å². The molecule has 2 aromatic heterocycles. The van der Waals surface area contributed by atoms with Crippen LogP contribution < -0.4 is 10.5 Å². The van der Waals surface area contributed by atoms with Crippen molar-refractivity contribution in [2.75, 3.05) is 12.3 Å². The van der Waals surface area contributed by atoms with Gasteiger partial charge in [-0.2, -0.15) is 0 Å². The van der Waals surface area contributed by atoms with E-state index in [9.17, 15) is 4.79 Å². The first-order valence-corrected chi connectivity index (χ1v) is 11.0. The summed E-state index contributed by atoms with van der Waals surface area (Å²) < 4.78 is 31.4. The van der Waals surface area contributed by atoms with Crippen molar-refractivity contribution in [1.82, 2.24) is 15.2 Å². The fourth-order valence-electron chi connectivity index (χ4n) is 3.07. The molecule has 3 N–H and O–H groups in total. The fraction of sp³-hybridized carbons (Fsp3) is 0.136. The number of esters is 1. The van der Waals surface area contributed by atoms with E-state index in [1.165, 1.54) is 36.5 Å². The highest BCUT2D eigenvalue weighted by Crippen LogP contribution is 2.36. The third-order valence-corrected chi connectivity index (χ3v) is 5.49. The average Bonchev–Trinajstić information content (AvgIpc) is 3.39. The van der Waals surface area contributed by atoms with Crippen molar-refractivity contribution in [3.8, 4) is 23.0 Å². The van der Waals surface area contributed by atoms with Crippen LogP contribution in [0.25, 0.3) is 11.5 Å². The number of carbonyl (C=O) groups is 1. The summed E-state index contributed by atoms with van der Waals surface area (Å²) in [5, 5.41) is 8.33. The number of aromatic amines is 1. The third-order valence-electron chi connectivity index (χ3n) is 4.58. The Morgan fingerprint density at radius 1 is 1.21 bits per heavy atom. The Morgan fingerprint density at radius 3 is 2.74 bits per heavy atom. The zero-order valence-corrected chi connectivity index (χ0v) is 19.8. The van der Waals surface area contributed by atoms with E-state index in [0.29, 0.717) is 16.3 Å². The summed E-state index contributed by atoms with van der Waals surface area (Å²) in [6.45, 7) is 1.87. The van der Waals surface area contributed by atoms with E-state index >= 15 is 4.39 Å². The van der Waals surface area contributed by atoms with Crippen LogP contribution >= 0.6 is 34.8 Å². The first-order valence-electron chi connectivity index (χ1n) is 9.84. The number of hydrogen-bond acceptors (Lipinski definition) is 7. The summed E-state index contributed by atoms with van der Waals surface area (Å²) in [6.07, 6.45) is 1.38. The maximum atomic E-state index is 15.2. The maximum absolute atomic E-state index is 15.2. The van der Waals surface area contributed by atoms with Crippen LogP contribution in [-0.2, 0) is 11.2 Å². The third kappa shape index (κ3) is 4.96. The van der Waals surface area contributed by atoms with Gasteiger partial charge in [0, 0.05) is 28.5 Å². The summed E-state index contributed by atoms with van der Waals surface area (Å²) >= 11 is 18.4. The van der Waals surface area contributed by atoms with Gasteiger partial charge >= 0.3 is 5.97 Å². The number of rotatable bonds is 7. The number of nitrogens with zero attached hydrogens (tertiary/aromatic N) is 2. The molecule has 0 spiro atoms. The molecule has 34 heavy (non-hydrogen) atoms. The molecule has 0 aliphatic heterocycles. The van der Waals surface area contributed by atoms with Gasteiger partial charge in [-0.05, 0) is 25.1 Å². The van der Waals surface area contributed by atoms with Crippen molar-refractivity contribution in [1.29, 1.82) is 0 Å². The van der Waals surface area contributed by atoms with Gasteiger partial charge < -0.3 is 24.6 Å². The van der Waals surface area contributed by atoms with Crippen molar-refractivity contribution in [2.24, 2.45) is 0 Å². The summed E-state index contributed by atoms with van der Waals surface area (Å²) in [5.74, 6) is -1.15. The number of nitrogens with one attached hydrogen (secondary N) is 1. The van der Waals surface area contributed by atoms with Crippen molar-refractivity contribution in [2.45, 2.75) is 13.3 Å². The zero-order valence-electron chi connectivity index (χ0n) is 17.5. The number of H-pyrrole nitrogens is 1. The van der Waals surface area contributed by atoms with Gasteiger partial charge in [-0.25, -0.2) is 9.18 Å². The molecule has 0 radical (unpaired) electrons. The summed E-state index contributed by atoms with van der Waals surface area (Å²) in [7, 11) is 0. The van der Waals surface area contributed by atoms with Gasteiger partial charge in [-0.3, -0.25) is 0 Å². The van der Waals surface area contributed by atoms with E-state index in [1.807, 2.05) is 0 Å². The van der Waals surface area contributed by atoms with Crippen LogP contribution in [0.2, 0.25) is 15.1 Å². The van der Waals surface area contributed by atoms with Crippen LogP contribution in [-0.4, -0.2) is 27.8 Å². The monoisotopic (exact) mass is 524 g/mol. The molecule has 0 atom stereocenters. The van der Waals surface area contributed by atoms with Gasteiger partial charge in [0.2, 0.25) is 5.89 Å². The van der Waals surface area contributed by atoms with Crippen LogP contribution in [0.15, 0.2) is 40.9 Å². The number of ether oxygens (including phenoxy) is 2. The number of benzene rings is 2. The second kappa shape index (κ2) is 9.92. The van der Waals surface area contributed by atoms with Crippen molar-refractivity contribution in [3.63, 3.8) is 0 Å². The molecule has 12 heteroatoms. The topological polar surface area (TPSA) is 116 Å². The van der Waals surface area contributed by atoms with Gasteiger partial charge in [0.25, 0.3) is 5.89 Å². The van der Waals surface area contributed by atoms with E-state index in [1.54, 1.807) is 6.92 Å². The van der Waals surface area contributed by atoms with Gasteiger partial charge in [0.1, 0.15) is 11.4 Å². The summed E-state index contributed by atoms with van der Waals surface area (Å²) in [4.78, 5) is 14.7. The lowest BCUT2D eigenvalue weighted by Crippen LogP contribution is -2.05. The van der Waals surface area contributed by atoms with E-state index in [0.717, 1.165) is 0 Å². The number of nitrogens with two attached hydrogens (primary N) is 1. The lowest BCUT2D eigenvalue weighted by atomic mass is 10.1. The van der Waals surface area contributed by atoms with E-state index in [-0.39, 0.29) is 57.6 Å². The molecule has 0 aliphatic carbocycles. The predicted octanol–water partition coefficient (Wildman–Crippen LogP) is 6.31. The zero-order chi connectivity index (χ0) is 24.4. The Balaban J connectivity index is 1.58. The highest BCUT2D eigenvalue weighted by atomic mass is 35.5. The van der Waals surface area contributed by atoms with Crippen molar-refractivity contribution >= 4 is 46.5 Å². The Morgan fingerprint density at radius 2 is 2.00 bits per heavy atom. The molecule has 0 bridgehead atoms. The van der Waals surface area contributed by atoms with Gasteiger partial charge in [-0.1, -0.05) is 40.9 Å². The van der Waals surface area contributed by atoms with Gasteiger partial charge in [-0.15, -0.1) is 10.2 Å². The first-order chi connectivity index (χ1) is 16.3. The number of hydrogen-bond donors (Lipinski definition) is 2. The lowest BCUT2D eigenvalue weighted by Gasteiger charge is -2.12. The molecule has 0 saturated carbocycles. The number of halogens is 4. The molecule has 0 amide bonds. The van der Waals surface area contributed by atoms with Crippen molar-refractivity contribution in [3.05, 3.63) is 74.6 Å². The van der Waals surface area contributed by atoms with E-state index < -0.39 is 11.8 Å². The second-order valence-electron chi connectivity index (χ2n) is 6.96. The number of carbonyl (C=O) groups excluding carboxylic acids is 1. The maximum Gasteiger partial charge on any atom is 0.356 e. The molecule has 4 rings (SSSR count). The minimum absolute atomic E-state index is 0.0482. The van der Waals surface area contributed by atoms with Crippen LogP contribution in [0.1, 0.15) is 28.9 Å². The standard InChI is InChI=1S/C22H16Cl3FN4O4/c1-2-32-22(31)19-17(25)14(9-28-19)21-30-29-16(34-21)5-10-3-4-15(24)20(18(10)26)33-13-7-11(23)6-12(27)8-13/h3-4,6-9,28H,2,5,27H2,1H3. The molecule has 0 saturated heterocycles. The molecule has 0 aliphatic rings. The average molecular weight is 526 g/mol. The van der Waals surface area contributed by atoms with Crippen LogP contribution in [0, 0.1) is 5.82 Å². The molecular weight excluding hydrogens is 510 g/mol. The minimum Gasteiger partial charge on any atom is -0.461 e. The van der Waals surface area contributed by atoms with E-state index in [2.05, 4.69) is 15.2 Å². The highest BCUT2D eigenvalue weighted by Gasteiger charge is 2.23. The first kappa shape index (κ1) is 23.9. The summed E-state index contributed by atoms with van der Waals surface area (Å²) in [6, 6.07) is 7.46. The van der Waals surface area contributed by atoms with Crippen LogP contribution in [0.5, 0.6) is 11.5 Å². The SMILES string of the molecule is CCOC(=O)c1[nH]cc(-c2nnc(Cc3ccc(Cl)c(Oc4cc(N)cc(Cl)c4)c3F)o2)c1Cl. The molecule has 8 nitrogen and oxygen atoms in total. The van der Waals surface area contributed by atoms with Crippen LogP contribution in [0.3, 0.4) is 0 Å². The smallest absolute Gasteiger partial charge is 0.356 e. The van der Waals surface area contributed by atoms with Crippen LogP contribution in [0.4, 0.5) is 10.1 Å². The van der Waals surface area contributed by atoms with E-state index in [4.69, 9.17) is 54.4 Å². The molecule has 4 aromatic rings. The minimum atomic E-state index is -0.713. The normalized spacial score (nSPS) is 11.0. The largest absolute Gasteiger partial charge is 0.461 e. The fourth-order valence-corrected chi connectivity index (χ4v) is 3.76. The second-order valence-corrected chi connectivity index (χ2v) is 8.18. The Bertz CT molecular complexity index is 1350. The van der Waals surface area contributed by atoms with Gasteiger partial charge in [0.15, 0.2) is 11.6 Å². The quantitative estimate of drug-likeness (QED) is 0.215. The predicted molar refractivity (Wildman–Crippen MR) is 125 cm³/mol. The van der Waals surface area contributed by atoms with Crippen molar-refractivity contribution < 1.29 is 23.1 Å². The molecule has 0 fully saturated rings. The molecule has 176 valence electrons. The Labute approximate surface area is 207 Å². The number of nitrogen functional groups attached to an aromatic ring is 1.